The molecular weight excluding hydrogens is 440 g/mol. The van der Waals surface area contributed by atoms with E-state index in [2.05, 4.69) is 69.3 Å². The van der Waals surface area contributed by atoms with Gasteiger partial charge in [0.25, 0.3) is 8.32 Å². The maximum atomic E-state index is 12.7. The normalized spacial score (nSPS) is 20.8. The Balaban J connectivity index is 1.62. The van der Waals surface area contributed by atoms with Crippen molar-refractivity contribution in [1.29, 1.82) is 0 Å². The standard InChI is InChI=1S/C29H34O4Si/c1-22-20-26(33-28(30)23-14-8-5-9-15-23)27(32-22)21-31-34(29(2,3)4,24-16-10-6-11-17-24)25-18-12-7-13-19-25/h5-19,22,26-27H,20-21H2,1-4H3/t22?,26-,27+/m0/s1. The Morgan fingerprint density at radius 2 is 1.38 bits per heavy atom. The number of carbonyl (C=O) groups is 1. The Hall–Kier alpha value is -2.73. The van der Waals surface area contributed by atoms with Gasteiger partial charge in [-0.1, -0.05) is 99.6 Å². The van der Waals surface area contributed by atoms with Crippen molar-refractivity contribution in [2.24, 2.45) is 0 Å². The van der Waals surface area contributed by atoms with Crippen LogP contribution in [0, 0.1) is 0 Å². The van der Waals surface area contributed by atoms with Crippen LogP contribution in [0.4, 0.5) is 0 Å². The van der Waals surface area contributed by atoms with Crippen molar-refractivity contribution in [3.8, 4) is 0 Å². The Morgan fingerprint density at radius 1 is 0.882 bits per heavy atom. The fourth-order valence-corrected chi connectivity index (χ4v) is 9.51. The van der Waals surface area contributed by atoms with Gasteiger partial charge in [0.1, 0.15) is 12.2 Å². The minimum Gasteiger partial charge on any atom is -0.456 e. The molecule has 0 saturated carbocycles. The van der Waals surface area contributed by atoms with Gasteiger partial charge < -0.3 is 13.9 Å². The lowest BCUT2D eigenvalue weighted by Crippen LogP contribution is -2.67. The molecule has 1 saturated heterocycles. The first-order valence-corrected chi connectivity index (χ1v) is 13.9. The molecule has 1 aliphatic heterocycles. The minimum atomic E-state index is -2.69. The van der Waals surface area contributed by atoms with Gasteiger partial charge >= 0.3 is 5.97 Å². The second-order valence-corrected chi connectivity index (χ2v) is 14.3. The lowest BCUT2D eigenvalue weighted by molar-refractivity contribution is -0.0281. The molecular formula is C29H34O4Si. The van der Waals surface area contributed by atoms with Crippen molar-refractivity contribution in [3.05, 3.63) is 96.6 Å². The molecule has 4 nitrogen and oxygen atoms in total. The molecule has 4 rings (SSSR count). The van der Waals surface area contributed by atoms with Gasteiger partial charge in [-0.2, -0.15) is 0 Å². The minimum absolute atomic E-state index is 0.00123. The van der Waals surface area contributed by atoms with Gasteiger partial charge in [-0.15, -0.1) is 0 Å². The first kappa shape index (κ1) is 24.4. The zero-order valence-corrected chi connectivity index (χ0v) is 21.4. The molecule has 3 aromatic rings. The fourth-order valence-electron chi connectivity index (χ4n) is 4.94. The van der Waals surface area contributed by atoms with Gasteiger partial charge in [-0.25, -0.2) is 4.79 Å². The van der Waals surface area contributed by atoms with Crippen molar-refractivity contribution in [3.63, 3.8) is 0 Å². The third-order valence-electron chi connectivity index (χ3n) is 6.53. The molecule has 1 unspecified atom stereocenters. The van der Waals surface area contributed by atoms with E-state index in [1.165, 1.54) is 10.4 Å². The molecule has 3 atom stereocenters. The smallest absolute Gasteiger partial charge is 0.338 e. The highest BCUT2D eigenvalue weighted by molar-refractivity contribution is 6.99. The van der Waals surface area contributed by atoms with E-state index in [4.69, 9.17) is 13.9 Å². The highest BCUT2D eigenvalue weighted by atomic mass is 28.4. The van der Waals surface area contributed by atoms with E-state index in [0.29, 0.717) is 18.6 Å². The van der Waals surface area contributed by atoms with E-state index in [0.717, 1.165) is 0 Å². The molecule has 0 radical (unpaired) electrons. The molecule has 0 bridgehead atoms. The van der Waals surface area contributed by atoms with Crippen LogP contribution < -0.4 is 10.4 Å². The summed E-state index contributed by atoms with van der Waals surface area (Å²) in [5.74, 6) is -0.321. The van der Waals surface area contributed by atoms with E-state index in [9.17, 15) is 4.79 Å². The van der Waals surface area contributed by atoms with Crippen LogP contribution in [0.3, 0.4) is 0 Å². The molecule has 0 aliphatic carbocycles. The molecule has 0 amide bonds. The van der Waals surface area contributed by atoms with E-state index in [1.54, 1.807) is 12.1 Å². The van der Waals surface area contributed by atoms with Gasteiger partial charge in [-0.05, 0) is 34.5 Å². The fraction of sp³-hybridized carbons (Fsp3) is 0.345. The maximum Gasteiger partial charge on any atom is 0.338 e. The average molecular weight is 475 g/mol. The summed E-state index contributed by atoms with van der Waals surface area (Å²) < 4.78 is 19.2. The van der Waals surface area contributed by atoms with Crippen molar-refractivity contribution >= 4 is 24.7 Å². The maximum absolute atomic E-state index is 12.7. The number of ether oxygens (including phenoxy) is 2. The quantitative estimate of drug-likeness (QED) is 0.358. The van der Waals surface area contributed by atoms with Crippen molar-refractivity contribution in [2.45, 2.75) is 57.5 Å². The number of esters is 1. The molecule has 34 heavy (non-hydrogen) atoms. The van der Waals surface area contributed by atoms with Crippen molar-refractivity contribution < 1.29 is 18.7 Å². The zero-order chi connectivity index (χ0) is 24.2. The van der Waals surface area contributed by atoms with E-state index in [1.807, 2.05) is 37.3 Å². The lowest BCUT2D eigenvalue weighted by Gasteiger charge is -2.43. The molecule has 3 aromatic carbocycles. The number of hydrogen-bond donors (Lipinski definition) is 0. The van der Waals surface area contributed by atoms with Crippen LogP contribution in [0.25, 0.3) is 0 Å². The van der Waals surface area contributed by atoms with Crippen LogP contribution >= 0.6 is 0 Å². The highest BCUT2D eigenvalue weighted by Crippen LogP contribution is 2.37. The summed E-state index contributed by atoms with van der Waals surface area (Å²) in [4.78, 5) is 12.7. The largest absolute Gasteiger partial charge is 0.456 e. The third kappa shape index (κ3) is 5.02. The van der Waals surface area contributed by atoms with Crippen molar-refractivity contribution in [2.75, 3.05) is 6.61 Å². The predicted octanol–water partition coefficient (Wildman–Crippen LogP) is 4.97. The van der Waals surface area contributed by atoms with Gasteiger partial charge in [-0.3, -0.25) is 0 Å². The summed E-state index contributed by atoms with van der Waals surface area (Å²) >= 11 is 0. The molecule has 178 valence electrons. The summed E-state index contributed by atoms with van der Waals surface area (Å²) in [6.07, 6.45) is -0.000525. The van der Waals surface area contributed by atoms with Crippen LogP contribution in [0.2, 0.25) is 5.04 Å². The zero-order valence-electron chi connectivity index (χ0n) is 20.4. The van der Waals surface area contributed by atoms with Crippen LogP contribution in [0.5, 0.6) is 0 Å². The molecule has 0 spiro atoms. The Bertz CT molecular complexity index is 1020. The van der Waals surface area contributed by atoms with Crippen LogP contribution in [-0.2, 0) is 13.9 Å². The summed E-state index contributed by atoms with van der Waals surface area (Å²) in [7, 11) is -2.69. The summed E-state index contributed by atoms with van der Waals surface area (Å²) in [5.41, 5.74) is 0.550. The monoisotopic (exact) mass is 474 g/mol. The summed E-state index contributed by atoms with van der Waals surface area (Å²) in [6.45, 7) is 9.15. The highest BCUT2D eigenvalue weighted by Gasteiger charge is 2.51. The molecule has 1 fully saturated rings. The van der Waals surface area contributed by atoms with Gasteiger partial charge in [0.05, 0.1) is 18.3 Å². The predicted molar refractivity (Wildman–Crippen MR) is 138 cm³/mol. The molecule has 0 aromatic heterocycles. The Kier molecular flexibility index (Phi) is 7.36. The first-order valence-electron chi connectivity index (χ1n) is 12.0. The lowest BCUT2D eigenvalue weighted by atomic mass is 10.1. The third-order valence-corrected chi connectivity index (χ3v) is 11.5. The summed E-state index contributed by atoms with van der Waals surface area (Å²) in [6, 6.07) is 30.2. The first-order chi connectivity index (χ1) is 16.3. The van der Waals surface area contributed by atoms with Gasteiger partial charge in [0, 0.05) is 6.42 Å². The Labute approximate surface area is 204 Å². The number of carbonyl (C=O) groups excluding carboxylic acids is 1. The van der Waals surface area contributed by atoms with Crippen molar-refractivity contribution in [1.82, 2.24) is 0 Å². The second-order valence-electron chi connectivity index (χ2n) is 10.0. The Morgan fingerprint density at radius 3 is 1.88 bits per heavy atom. The topological polar surface area (TPSA) is 44.8 Å². The SMILES string of the molecule is CC1C[C@H](OC(=O)c2ccccc2)[C@@H](CO[Si](c2ccccc2)(c2ccccc2)C(C)(C)C)O1. The second kappa shape index (κ2) is 10.3. The van der Waals surface area contributed by atoms with E-state index in [-0.39, 0.29) is 29.3 Å². The molecule has 1 aliphatic rings. The molecule has 5 heteroatoms. The number of rotatable bonds is 7. The van der Waals surface area contributed by atoms with Crippen LogP contribution in [0.15, 0.2) is 91.0 Å². The average Bonchev–Trinajstić information content (AvgIpc) is 3.19. The number of benzene rings is 3. The number of hydrogen-bond acceptors (Lipinski definition) is 4. The van der Waals surface area contributed by atoms with Gasteiger partial charge in [0.15, 0.2) is 0 Å². The van der Waals surface area contributed by atoms with E-state index >= 15 is 0 Å². The molecule has 0 N–H and O–H groups in total. The van der Waals surface area contributed by atoms with Gasteiger partial charge in [0.2, 0.25) is 0 Å². The van der Waals surface area contributed by atoms with Crippen LogP contribution in [0.1, 0.15) is 44.5 Å². The molecule has 1 heterocycles. The van der Waals surface area contributed by atoms with Crippen LogP contribution in [-0.4, -0.2) is 39.2 Å². The van der Waals surface area contributed by atoms with E-state index < -0.39 is 8.32 Å². The summed E-state index contributed by atoms with van der Waals surface area (Å²) in [5, 5.41) is 2.31.